The zero-order valence-corrected chi connectivity index (χ0v) is 17.3. The fourth-order valence-electron chi connectivity index (χ4n) is 2.67. The highest BCUT2D eigenvalue weighted by molar-refractivity contribution is 5.98. The average Bonchev–Trinajstić information content (AvgIpc) is 3.06. The first-order valence-corrected chi connectivity index (χ1v) is 9.59. The van der Waals surface area contributed by atoms with Crippen molar-refractivity contribution >= 4 is 11.7 Å². The summed E-state index contributed by atoms with van der Waals surface area (Å²) in [6.07, 6.45) is -0.733. The molecular formula is C21H28N2O6. The lowest BCUT2D eigenvalue weighted by Crippen LogP contribution is -2.36. The predicted octanol–water partition coefficient (Wildman–Crippen LogP) is 2.68. The minimum atomic E-state index is -0.520. The number of Topliss-reactive ketones (excluding diaryl/α,β-unsaturated/α-hetero) is 1. The highest BCUT2D eigenvalue weighted by Crippen LogP contribution is 2.24. The normalized spacial score (nSPS) is 10.9. The van der Waals surface area contributed by atoms with Crippen LogP contribution in [0.3, 0.4) is 0 Å². The van der Waals surface area contributed by atoms with Gasteiger partial charge in [0.05, 0.1) is 32.2 Å². The number of rotatable bonds is 12. The van der Waals surface area contributed by atoms with E-state index in [1.807, 2.05) is 38.1 Å². The third-order valence-electron chi connectivity index (χ3n) is 4.12. The number of methoxy groups -OCH3 is 1. The number of ether oxygens (including phenoxy) is 3. The molecule has 1 heterocycles. The van der Waals surface area contributed by atoms with Crippen LogP contribution in [0.4, 0.5) is 0 Å². The van der Waals surface area contributed by atoms with Gasteiger partial charge in [0.25, 0.3) is 0 Å². The molecule has 2 rings (SSSR count). The number of hydrogen-bond donors (Lipinski definition) is 1. The molecule has 0 fully saturated rings. The van der Waals surface area contributed by atoms with Crippen molar-refractivity contribution in [3.05, 3.63) is 35.7 Å². The first-order valence-electron chi connectivity index (χ1n) is 9.59. The molecule has 0 saturated heterocycles. The zero-order valence-electron chi connectivity index (χ0n) is 17.3. The smallest absolute Gasteiger partial charge is 0.227 e. The molecule has 1 aromatic heterocycles. The SMILES string of the molecule is CCOC(CNC(=O)CC(=O)Cc1nc(-c2ccc(OC)cc2)oc1C)OCC. The second-order valence-corrected chi connectivity index (χ2v) is 6.29. The van der Waals surface area contributed by atoms with E-state index >= 15 is 0 Å². The lowest BCUT2D eigenvalue weighted by atomic mass is 10.1. The Bertz CT molecular complexity index is 794. The maximum absolute atomic E-state index is 12.3. The molecule has 0 spiro atoms. The number of ketones is 1. The molecule has 1 aromatic carbocycles. The van der Waals surface area contributed by atoms with Crippen LogP contribution < -0.4 is 10.1 Å². The van der Waals surface area contributed by atoms with Crippen LogP contribution in [0.5, 0.6) is 5.75 Å². The lowest BCUT2D eigenvalue weighted by molar-refractivity contribution is -0.141. The first kappa shape index (κ1) is 22.6. The Labute approximate surface area is 170 Å². The van der Waals surface area contributed by atoms with Gasteiger partial charge in [-0.05, 0) is 45.0 Å². The van der Waals surface area contributed by atoms with Crippen LogP contribution >= 0.6 is 0 Å². The van der Waals surface area contributed by atoms with Gasteiger partial charge in [-0.3, -0.25) is 9.59 Å². The Morgan fingerprint density at radius 2 is 1.79 bits per heavy atom. The highest BCUT2D eigenvalue weighted by atomic mass is 16.7. The van der Waals surface area contributed by atoms with Crippen molar-refractivity contribution in [2.75, 3.05) is 26.9 Å². The molecule has 0 atom stereocenters. The number of carbonyl (C=O) groups excluding carboxylic acids is 2. The number of hydrogen-bond acceptors (Lipinski definition) is 7. The largest absolute Gasteiger partial charge is 0.497 e. The van der Waals surface area contributed by atoms with E-state index in [0.29, 0.717) is 30.6 Å². The van der Waals surface area contributed by atoms with Crippen molar-refractivity contribution in [3.63, 3.8) is 0 Å². The number of aromatic nitrogens is 1. The number of nitrogens with one attached hydrogen (secondary N) is 1. The third kappa shape index (κ3) is 6.99. The van der Waals surface area contributed by atoms with Gasteiger partial charge in [0, 0.05) is 18.8 Å². The van der Waals surface area contributed by atoms with Crippen LogP contribution in [-0.2, 0) is 25.5 Å². The van der Waals surface area contributed by atoms with E-state index < -0.39 is 6.29 Å². The van der Waals surface area contributed by atoms with Crippen molar-refractivity contribution in [2.24, 2.45) is 0 Å². The zero-order chi connectivity index (χ0) is 21.2. The molecule has 0 aliphatic heterocycles. The minimum absolute atomic E-state index is 0.0270. The molecule has 0 unspecified atom stereocenters. The number of nitrogens with zero attached hydrogens (tertiary/aromatic N) is 1. The van der Waals surface area contributed by atoms with Gasteiger partial charge in [-0.2, -0.15) is 0 Å². The molecule has 2 aromatic rings. The quantitative estimate of drug-likeness (QED) is 0.429. The van der Waals surface area contributed by atoms with E-state index in [-0.39, 0.29) is 31.1 Å². The van der Waals surface area contributed by atoms with Crippen LogP contribution in [0.2, 0.25) is 0 Å². The van der Waals surface area contributed by atoms with Gasteiger partial charge in [0.2, 0.25) is 11.8 Å². The van der Waals surface area contributed by atoms with Gasteiger partial charge >= 0.3 is 0 Å². The summed E-state index contributed by atoms with van der Waals surface area (Å²) in [5, 5.41) is 2.66. The summed E-state index contributed by atoms with van der Waals surface area (Å²) in [5.74, 6) is 1.08. The summed E-state index contributed by atoms with van der Waals surface area (Å²) in [7, 11) is 1.60. The first-order chi connectivity index (χ1) is 14.0. The second-order valence-electron chi connectivity index (χ2n) is 6.29. The number of benzene rings is 1. The molecule has 29 heavy (non-hydrogen) atoms. The number of aryl methyl sites for hydroxylation is 1. The Morgan fingerprint density at radius 3 is 2.38 bits per heavy atom. The monoisotopic (exact) mass is 404 g/mol. The maximum atomic E-state index is 12.3. The van der Waals surface area contributed by atoms with Crippen molar-refractivity contribution in [2.45, 2.75) is 39.9 Å². The predicted molar refractivity (Wildman–Crippen MR) is 107 cm³/mol. The Balaban J connectivity index is 1.89. The van der Waals surface area contributed by atoms with Gasteiger partial charge in [-0.25, -0.2) is 4.98 Å². The number of oxazole rings is 1. The third-order valence-corrected chi connectivity index (χ3v) is 4.12. The Hall–Kier alpha value is -2.71. The van der Waals surface area contributed by atoms with Crippen LogP contribution in [0.25, 0.3) is 11.5 Å². The topological polar surface area (TPSA) is 99.9 Å². The van der Waals surface area contributed by atoms with Gasteiger partial charge in [-0.1, -0.05) is 0 Å². The van der Waals surface area contributed by atoms with Crippen molar-refractivity contribution in [1.82, 2.24) is 10.3 Å². The van der Waals surface area contributed by atoms with E-state index in [9.17, 15) is 9.59 Å². The highest BCUT2D eigenvalue weighted by Gasteiger charge is 2.18. The number of carbonyl (C=O) groups is 2. The van der Waals surface area contributed by atoms with Gasteiger partial charge in [0.15, 0.2) is 6.29 Å². The van der Waals surface area contributed by atoms with Crippen LogP contribution in [-0.4, -0.2) is 49.8 Å². The molecular weight excluding hydrogens is 376 g/mol. The summed E-state index contributed by atoms with van der Waals surface area (Å²) in [6, 6.07) is 7.27. The summed E-state index contributed by atoms with van der Waals surface area (Å²) < 4.78 is 21.5. The van der Waals surface area contributed by atoms with E-state index in [1.165, 1.54) is 0 Å². The van der Waals surface area contributed by atoms with Gasteiger partial charge in [0.1, 0.15) is 17.3 Å². The van der Waals surface area contributed by atoms with E-state index in [2.05, 4.69) is 10.3 Å². The molecule has 0 aliphatic carbocycles. The maximum Gasteiger partial charge on any atom is 0.227 e. The average molecular weight is 404 g/mol. The summed E-state index contributed by atoms with van der Waals surface area (Å²) in [5.41, 5.74) is 1.30. The number of amides is 1. The summed E-state index contributed by atoms with van der Waals surface area (Å²) in [4.78, 5) is 28.7. The Kier molecular flexibility index (Phi) is 8.82. The molecule has 0 radical (unpaired) electrons. The van der Waals surface area contributed by atoms with Crippen molar-refractivity contribution in [1.29, 1.82) is 0 Å². The minimum Gasteiger partial charge on any atom is -0.497 e. The Morgan fingerprint density at radius 1 is 1.14 bits per heavy atom. The van der Waals surface area contributed by atoms with Crippen LogP contribution in [0.15, 0.2) is 28.7 Å². The summed E-state index contributed by atoms with van der Waals surface area (Å²) >= 11 is 0. The van der Waals surface area contributed by atoms with Crippen LogP contribution in [0.1, 0.15) is 31.7 Å². The standard InChI is InChI=1S/C21H28N2O6/c1-5-27-20(28-6-2)13-22-19(25)12-16(24)11-18-14(3)29-21(23-18)15-7-9-17(26-4)10-8-15/h7-10,20H,5-6,11-13H2,1-4H3,(H,22,25). The van der Waals surface area contributed by atoms with Gasteiger partial charge in [-0.15, -0.1) is 0 Å². The van der Waals surface area contributed by atoms with E-state index in [4.69, 9.17) is 18.6 Å². The molecule has 1 amide bonds. The molecule has 8 nitrogen and oxygen atoms in total. The van der Waals surface area contributed by atoms with E-state index in [0.717, 1.165) is 11.3 Å². The molecule has 0 bridgehead atoms. The lowest BCUT2D eigenvalue weighted by Gasteiger charge is -2.17. The van der Waals surface area contributed by atoms with Crippen molar-refractivity contribution in [3.8, 4) is 17.2 Å². The molecule has 8 heteroatoms. The fourth-order valence-corrected chi connectivity index (χ4v) is 2.67. The fraction of sp³-hybridized carbons (Fsp3) is 0.476. The molecule has 0 aliphatic rings. The van der Waals surface area contributed by atoms with E-state index in [1.54, 1.807) is 14.0 Å². The van der Waals surface area contributed by atoms with Crippen molar-refractivity contribution < 1.29 is 28.2 Å². The molecule has 1 N–H and O–H groups in total. The van der Waals surface area contributed by atoms with Crippen LogP contribution in [0, 0.1) is 6.92 Å². The van der Waals surface area contributed by atoms with Gasteiger partial charge < -0.3 is 23.9 Å². The second kappa shape index (κ2) is 11.3. The summed E-state index contributed by atoms with van der Waals surface area (Å²) in [6.45, 7) is 6.58. The molecule has 158 valence electrons. The molecule has 0 saturated carbocycles.